The first-order valence-electron chi connectivity index (χ1n) is 10.9. The summed E-state index contributed by atoms with van der Waals surface area (Å²) in [5, 5.41) is 6.91. The molecule has 7 heteroatoms. The van der Waals surface area contributed by atoms with Gasteiger partial charge in [0.2, 0.25) is 11.8 Å². The molecule has 2 bridgehead atoms. The summed E-state index contributed by atoms with van der Waals surface area (Å²) in [4.78, 5) is 28.4. The molecule has 3 saturated heterocycles. The second-order valence-electron chi connectivity index (χ2n) is 10.7. The van der Waals surface area contributed by atoms with Crippen LogP contribution in [0.15, 0.2) is 35.0 Å². The molecule has 4 aliphatic heterocycles. The minimum absolute atomic E-state index is 0.0237. The highest BCUT2D eigenvalue weighted by atomic mass is 16.5. The number of rotatable bonds is 4. The third kappa shape index (κ3) is 3.19. The van der Waals surface area contributed by atoms with Gasteiger partial charge in [0.15, 0.2) is 0 Å². The number of ether oxygens (including phenoxy) is 1. The zero-order valence-electron chi connectivity index (χ0n) is 18.1. The fourth-order valence-corrected chi connectivity index (χ4v) is 6.32. The Morgan fingerprint density at radius 3 is 2.67 bits per heavy atom. The number of carbonyl (C=O) groups excluding carboxylic acids is 2. The molecule has 4 aliphatic rings. The Labute approximate surface area is 177 Å². The Bertz CT molecular complexity index is 874. The van der Waals surface area contributed by atoms with Crippen molar-refractivity contribution < 1.29 is 18.7 Å². The van der Waals surface area contributed by atoms with Crippen LogP contribution in [0.3, 0.4) is 0 Å². The molecule has 2 N–H and O–H groups in total. The first-order chi connectivity index (χ1) is 14.1. The summed E-state index contributed by atoms with van der Waals surface area (Å²) in [5.74, 6) is -0.305. The molecule has 5 rings (SSSR count). The van der Waals surface area contributed by atoms with E-state index in [4.69, 9.17) is 9.15 Å². The molecular weight excluding hydrogens is 382 g/mol. The van der Waals surface area contributed by atoms with Gasteiger partial charge in [0.1, 0.15) is 11.4 Å². The van der Waals surface area contributed by atoms with E-state index in [1.165, 1.54) is 0 Å². The van der Waals surface area contributed by atoms with Crippen LogP contribution in [0.5, 0.6) is 0 Å². The first-order valence-corrected chi connectivity index (χ1v) is 10.9. The molecule has 3 unspecified atom stereocenters. The lowest BCUT2D eigenvalue weighted by molar-refractivity contribution is -0.138. The number of fused-ring (bicyclic) bond motifs is 1. The summed E-state index contributed by atoms with van der Waals surface area (Å²) in [7, 11) is 0. The lowest BCUT2D eigenvalue weighted by Gasteiger charge is -2.47. The van der Waals surface area contributed by atoms with E-state index < -0.39 is 17.4 Å². The highest BCUT2D eigenvalue weighted by Gasteiger charge is 2.67. The quantitative estimate of drug-likeness (QED) is 0.738. The summed E-state index contributed by atoms with van der Waals surface area (Å²) < 4.78 is 11.6. The molecule has 3 fully saturated rings. The van der Waals surface area contributed by atoms with Crippen LogP contribution in [0.25, 0.3) is 0 Å². The molecule has 1 spiro atoms. The summed E-state index contributed by atoms with van der Waals surface area (Å²) in [6.45, 7) is 9.52. The van der Waals surface area contributed by atoms with E-state index >= 15 is 0 Å². The van der Waals surface area contributed by atoms with E-state index in [1.54, 1.807) is 11.2 Å². The van der Waals surface area contributed by atoms with Gasteiger partial charge in [-0.2, -0.15) is 0 Å². The molecule has 4 atom stereocenters. The van der Waals surface area contributed by atoms with Crippen molar-refractivity contribution in [3.8, 4) is 0 Å². The van der Waals surface area contributed by atoms with E-state index in [0.717, 1.165) is 18.6 Å². The molecule has 0 saturated carbocycles. The van der Waals surface area contributed by atoms with Gasteiger partial charge in [0.05, 0.1) is 37.3 Å². The van der Waals surface area contributed by atoms with Crippen LogP contribution in [-0.4, -0.2) is 52.1 Å². The number of piperidine rings is 1. The molecule has 0 aromatic carbocycles. The normalized spacial score (nSPS) is 36.3. The second-order valence-corrected chi connectivity index (χ2v) is 10.7. The molecule has 162 valence electrons. The largest absolute Gasteiger partial charge is 0.467 e. The molecule has 2 amide bonds. The minimum atomic E-state index is -0.691. The Morgan fingerprint density at radius 1 is 1.27 bits per heavy atom. The number of hydrogen-bond donors (Lipinski definition) is 2. The third-order valence-corrected chi connectivity index (χ3v) is 6.94. The van der Waals surface area contributed by atoms with Crippen LogP contribution in [0, 0.1) is 11.8 Å². The van der Waals surface area contributed by atoms with Gasteiger partial charge in [-0.05, 0) is 52.7 Å². The second kappa shape index (κ2) is 6.44. The maximum absolute atomic E-state index is 13.4. The van der Waals surface area contributed by atoms with Gasteiger partial charge >= 0.3 is 0 Å². The van der Waals surface area contributed by atoms with E-state index in [9.17, 15) is 9.59 Å². The van der Waals surface area contributed by atoms with Crippen molar-refractivity contribution in [1.29, 1.82) is 0 Å². The first kappa shape index (κ1) is 19.8. The molecule has 1 aromatic heterocycles. The summed E-state index contributed by atoms with van der Waals surface area (Å²) in [6.07, 6.45) is 6.93. The number of nitrogens with zero attached hydrogens (tertiary/aromatic N) is 1. The Morgan fingerprint density at radius 2 is 2.00 bits per heavy atom. The Hall–Kier alpha value is -2.12. The standard InChI is InChI=1S/C23H31N3O4/c1-21(2)10-14(11-22(3,4)25-21)24-19(27)17-16-7-8-23(30-16)13-26(20(28)18(17)23)12-15-6-5-9-29-15/h5-9,14,16-18,25H,10-13H2,1-4H3,(H,24,27)/t16?,17?,18?,23-/m0/s1. The van der Waals surface area contributed by atoms with E-state index in [0.29, 0.717) is 13.1 Å². The van der Waals surface area contributed by atoms with Crippen molar-refractivity contribution in [2.75, 3.05) is 6.54 Å². The number of hydrogen-bond acceptors (Lipinski definition) is 5. The number of carbonyl (C=O) groups is 2. The zero-order chi connectivity index (χ0) is 21.3. The lowest BCUT2D eigenvalue weighted by Crippen LogP contribution is -2.62. The average Bonchev–Trinajstić information content (AvgIpc) is 3.35. The number of amides is 2. The number of furan rings is 1. The summed E-state index contributed by atoms with van der Waals surface area (Å²) in [5.41, 5.74) is -0.812. The van der Waals surface area contributed by atoms with Crippen molar-refractivity contribution in [1.82, 2.24) is 15.5 Å². The maximum Gasteiger partial charge on any atom is 0.230 e. The number of nitrogens with one attached hydrogen (secondary N) is 2. The summed E-state index contributed by atoms with van der Waals surface area (Å²) >= 11 is 0. The topological polar surface area (TPSA) is 83.8 Å². The highest BCUT2D eigenvalue weighted by molar-refractivity contribution is 5.93. The van der Waals surface area contributed by atoms with Crippen molar-refractivity contribution >= 4 is 11.8 Å². The molecule has 7 nitrogen and oxygen atoms in total. The van der Waals surface area contributed by atoms with Crippen molar-refractivity contribution in [2.24, 2.45) is 11.8 Å². The molecule has 30 heavy (non-hydrogen) atoms. The Kier molecular flexibility index (Phi) is 4.25. The van der Waals surface area contributed by atoms with Crippen LogP contribution in [0.2, 0.25) is 0 Å². The average molecular weight is 414 g/mol. The van der Waals surface area contributed by atoms with Crippen molar-refractivity contribution in [2.45, 2.75) is 75.9 Å². The molecule has 5 heterocycles. The molecular formula is C23H31N3O4. The van der Waals surface area contributed by atoms with Crippen molar-refractivity contribution in [3.05, 3.63) is 36.3 Å². The van der Waals surface area contributed by atoms with Gasteiger partial charge < -0.3 is 24.7 Å². The monoisotopic (exact) mass is 413 g/mol. The van der Waals surface area contributed by atoms with Crippen LogP contribution >= 0.6 is 0 Å². The molecule has 0 aliphatic carbocycles. The van der Waals surface area contributed by atoms with Crippen LogP contribution in [0.4, 0.5) is 0 Å². The lowest BCUT2D eigenvalue weighted by atomic mass is 9.75. The predicted octanol–water partition coefficient (Wildman–Crippen LogP) is 1.99. The van der Waals surface area contributed by atoms with E-state index in [-0.39, 0.29) is 35.0 Å². The number of likely N-dealkylation sites (tertiary alicyclic amines) is 1. The van der Waals surface area contributed by atoms with Gasteiger partial charge in [-0.25, -0.2) is 0 Å². The molecule has 1 aromatic rings. The van der Waals surface area contributed by atoms with Crippen molar-refractivity contribution in [3.63, 3.8) is 0 Å². The van der Waals surface area contributed by atoms with Gasteiger partial charge in [-0.15, -0.1) is 0 Å². The van der Waals surface area contributed by atoms with Gasteiger partial charge in [0, 0.05) is 17.1 Å². The minimum Gasteiger partial charge on any atom is -0.467 e. The predicted molar refractivity (Wildman–Crippen MR) is 110 cm³/mol. The van der Waals surface area contributed by atoms with Gasteiger partial charge in [0.25, 0.3) is 0 Å². The van der Waals surface area contributed by atoms with Gasteiger partial charge in [-0.3, -0.25) is 9.59 Å². The highest BCUT2D eigenvalue weighted by Crippen LogP contribution is 2.52. The SMILES string of the molecule is CC1(C)CC(NC(=O)C2C3C=C[C@@]4(CN(Cc5ccco5)C(=O)C24)O3)CC(C)(C)N1. The van der Waals surface area contributed by atoms with E-state index in [1.807, 2.05) is 24.3 Å². The smallest absolute Gasteiger partial charge is 0.230 e. The fraction of sp³-hybridized carbons (Fsp3) is 0.652. The third-order valence-electron chi connectivity index (χ3n) is 6.94. The van der Waals surface area contributed by atoms with Crippen LogP contribution < -0.4 is 10.6 Å². The molecule has 0 radical (unpaired) electrons. The van der Waals surface area contributed by atoms with Gasteiger partial charge in [-0.1, -0.05) is 12.2 Å². The Balaban J connectivity index is 1.33. The van der Waals surface area contributed by atoms with E-state index in [2.05, 4.69) is 38.3 Å². The zero-order valence-corrected chi connectivity index (χ0v) is 18.1. The van der Waals surface area contributed by atoms with Crippen LogP contribution in [0.1, 0.15) is 46.3 Å². The summed E-state index contributed by atoms with van der Waals surface area (Å²) in [6, 6.07) is 3.74. The fourth-order valence-electron chi connectivity index (χ4n) is 6.32. The maximum atomic E-state index is 13.4. The van der Waals surface area contributed by atoms with Crippen LogP contribution in [-0.2, 0) is 20.9 Å².